The fourth-order valence-corrected chi connectivity index (χ4v) is 2.25. The molecule has 98 valence electrons. The van der Waals surface area contributed by atoms with Crippen molar-refractivity contribution in [1.29, 1.82) is 0 Å². The number of rotatable bonds is 6. The van der Waals surface area contributed by atoms with Crippen LogP contribution < -0.4 is 9.88 Å². The van der Waals surface area contributed by atoms with Gasteiger partial charge in [-0.2, -0.15) is 5.10 Å². The molecule has 0 aliphatic heterocycles. The molecule has 0 radical (unpaired) electrons. The molecule has 0 fully saturated rings. The Morgan fingerprint density at radius 3 is 2.59 bits per heavy atom. The van der Waals surface area contributed by atoms with Crippen LogP contribution in [0.4, 0.5) is 0 Å². The summed E-state index contributed by atoms with van der Waals surface area (Å²) >= 11 is 0. The van der Waals surface area contributed by atoms with E-state index in [1.54, 1.807) is 24.0 Å². The highest BCUT2D eigenvalue weighted by molar-refractivity contribution is 7.89. The van der Waals surface area contributed by atoms with E-state index in [1.165, 1.54) is 0 Å². The van der Waals surface area contributed by atoms with Crippen molar-refractivity contribution in [2.45, 2.75) is 26.8 Å². The van der Waals surface area contributed by atoms with Gasteiger partial charge in [-0.3, -0.25) is 4.68 Å². The molecule has 0 saturated heterocycles. The van der Waals surface area contributed by atoms with E-state index in [-0.39, 0.29) is 17.7 Å². The first-order valence-electron chi connectivity index (χ1n) is 5.45. The molecule has 1 atom stereocenters. The van der Waals surface area contributed by atoms with Crippen LogP contribution in [0.3, 0.4) is 0 Å². The Morgan fingerprint density at radius 2 is 2.12 bits per heavy atom. The molecule has 0 aliphatic rings. The lowest BCUT2D eigenvalue weighted by Gasteiger charge is -2.10. The normalized spacial score (nSPS) is 13.9. The molecule has 0 saturated carbocycles. The van der Waals surface area contributed by atoms with Gasteiger partial charge in [-0.25, -0.2) is 13.6 Å². The number of hydrogen-bond acceptors (Lipinski definition) is 4. The van der Waals surface area contributed by atoms with E-state index < -0.39 is 10.0 Å². The lowest BCUT2D eigenvalue weighted by Crippen LogP contribution is -2.24. The SMILES string of the molecule is CC(COc1cnn(C(C)C)c1)CS(N)(=O)=O. The fourth-order valence-electron chi connectivity index (χ4n) is 1.36. The van der Waals surface area contributed by atoms with Crippen molar-refractivity contribution in [2.24, 2.45) is 11.1 Å². The van der Waals surface area contributed by atoms with Gasteiger partial charge in [-0.05, 0) is 13.8 Å². The van der Waals surface area contributed by atoms with Crippen LogP contribution in [0.1, 0.15) is 26.8 Å². The standard InChI is InChI=1S/C10H19N3O3S/c1-8(2)13-5-10(4-12-13)16-6-9(3)7-17(11,14)15/h4-5,8-9H,6-7H2,1-3H3,(H2,11,14,15). The number of hydrogen-bond donors (Lipinski definition) is 1. The van der Waals surface area contributed by atoms with Gasteiger partial charge in [0, 0.05) is 12.0 Å². The second-order valence-electron chi connectivity index (χ2n) is 4.50. The van der Waals surface area contributed by atoms with Crippen molar-refractivity contribution < 1.29 is 13.2 Å². The van der Waals surface area contributed by atoms with Gasteiger partial charge in [-0.15, -0.1) is 0 Å². The number of nitrogens with two attached hydrogens (primary N) is 1. The van der Waals surface area contributed by atoms with Crippen molar-refractivity contribution >= 4 is 10.0 Å². The maximum absolute atomic E-state index is 10.9. The van der Waals surface area contributed by atoms with Gasteiger partial charge < -0.3 is 4.74 Å². The summed E-state index contributed by atoms with van der Waals surface area (Å²) in [6, 6.07) is 0.272. The molecule has 0 bridgehead atoms. The van der Waals surface area contributed by atoms with Crippen molar-refractivity contribution in [3.05, 3.63) is 12.4 Å². The molecule has 0 aromatic carbocycles. The molecule has 6 nitrogen and oxygen atoms in total. The molecule has 1 unspecified atom stereocenters. The molecule has 2 N–H and O–H groups in total. The van der Waals surface area contributed by atoms with E-state index in [0.29, 0.717) is 12.4 Å². The van der Waals surface area contributed by atoms with Gasteiger partial charge in [0.15, 0.2) is 5.75 Å². The Kier molecular flexibility index (Phi) is 4.53. The molecular formula is C10H19N3O3S. The molecule has 1 rings (SSSR count). The Labute approximate surface area is 102 Å². The zero-order valence-corrected chi connectivity index (χ0v) is 11.1. The van der Waals surface area contributed by atoms with Crippen molar-refractivity contribution in [1.82, 2.24) is 9.78 Å². The second-order valence-corrected chi connectivity index (χ2v) is 6.15. The number of aromatic nitrogens is 2. The van der Waals surface area contributed by atoms with Crippen LogP contribution in [-0.2, 0) is 10.0 Å². The molecule has 1 aromatic heterocycles. The summed E-state index contributed by atoms with van der Waals surface area (Å²) in [6.45, 7) is 6.11. The molecule has 1 heterocycles. The molecule has 17 heavy (non-hydrogen) atoms. The van der Waals surface area contributed by atoms with Crippen molar-refractivity contribution in [3.8, 4) is 5.75 Å². The Bertz CT molecular complexity index is 453. The fraction of sp³-hybridized carbons (Fsp3) is 0.700. The van der Waals surface area contributed by atoms with Crippen LogP contribution in [0.25, 0.3) is 0 Å². The molecule has 0 amide bonds. The van der Waals surface area contributed by atoms with Crippen LogP contribution in [0.15, 0.2) is 12.4 Å². The van der Waals surface area contributed by atoms with Crippen LogP contribution in [-0.4, -0.2) is 30.6 Å². The Hall–Kier alpha value is -1.08. The maximum atomic E-state index is 10.9. The molecule has 1 aromatic rings. The third-order valence-corrected chi connectivity index (χ3v) is 3.19. The minimum absolute atomic E-state index is 0.0781. The highest BCUT2D eigenvalue weighted by Gasteiger charge is 2.12. The summed E-state index contributed by atoms with van der Waals surface area (Å²) in [4.78, 5) is 0. The van der Waals surface area contributed by atoms with Gasteiger partial charge >= 0.3 is 0 Å². The number of sulfonamides is 1. The highest BCUT2D eigenvalue weighted by atomic mass is 32.2. The number of ether oxygens (including phenoxy) is 1. The predicted octanol–water partition coefficient (Wildman–Crippen LogP) is 0.767. The third kappa shape index (κ3) is 5.18. The van der Waals surface area contributed by atoms with Gasteiger partial charge in [0.1, 0.15) is 0 Å². The molecular weight excluding hydrogens is 242 g/mol. The van der Waals surface area contributed by atoms with E-state index in [9.17, 15) is 8.42 Å². The zero-order valence-electron chi connectivity index (χ0n) is 10.3. The van der Waals surface area contributed by atoms with Gasteiger partial charge in [0.2, 0.25) is 10.0 Å². The summed E-state index contributed by atoms with van der Waals surface area (Å²) in [6.07, 6.45) is 3.40. The lowest BCUT2D eigenvalue weighted by atomic mass is 10.2. The van der Waals surface area contributed by atoms with Crippen molar-refractivity contribution in [2.75, 3.05) is 12.4 Å². The lowest BCUT2D eigenvalue weighted by molar-refractivity contribution is 0.271. The van der Waals surface area contributed by atoms with Crippen LogP contribution in [0.2, 0.25) is 0 Å². The number of nitrogens with zero attached hydrogens (tertiary/aromatic N) is 2. The molecule has 7 heteroatoms. The Morgan fingerprint density at radius 1 is 1.47 bits per heavy atom. The summed E-state index contributed by atoms with van der Waals surface area (Å²) in [5.74, 6) is 0.415. The largest absolute Gasteiger partial charge is 0.490 e. The summed E-state index contributed by atoms with van der Waals surface area (Å²) in [7, 11) is -3.44. The smallest absolute Gasteiger partial charge is 0.209 e. The van der Waals surface area contributed by atoms with E-state index >= 15 is 0 Å². The quantitative estimate of drug-likeness (QED) is 0.819. The van der Waals surface area contributed by atoms with Gasteiger partial charge in [0.05, 0.1) is 24.8 Å². The van der Waals surface area contributed by atoms with E-state index in [2.05, 4.69) is 5.10 Å². The average molecular weight is 261 g/mol. The third-order valence-electron chi connectivity index (χ3n) is 2.16. The topological polar surface area (TPSA) is 87.2 Å². The van der Waals surface area contributed by atoms with Crippen LogP contribution >= 0.6 is 0 Å². The second kappa shape index (κ2) is 5.50. The Balaban J connectivity index is 2.44. The minimum atomic E-state index is -3.44. The molecule has 0 aliphatic carbocycles. The summed E-state index contributed by atoms with van der Waals surface area (Å²) in [5, 5.41) is 9.07. The van der Waals surface area contributed by atoms with Gasteiger partial charge in [0.25, 0.3) is 0 Å². The van der Waals surface area contributed by atoms with E-state index in [1.807, 2.05) is 13.8 Å². The first-order chi connectivity index (χ1) is 7.78. The predicted molar refractivity (Wildman–Crippen MR) is 65.2 cm³/mol. The molecule has 0 spiro atoms. The van der Waals surface area contributed by atoms with Crippen LogP contribution in [0, 0.1) is 5.92 Å². The highest BCUT2D eigenvalue weighted by Crippen LogP contribution is 2.13. The average Bonchev–Trinajstić information content (AvgIpc) is 2.60. The van der Waals surface area contributed by atoms with E-state index in [4.69, 9.17) is 9.88 Å². The first-order valence-corrected chi connectivity index (χ1v) is 7.17. The maximum Gasteiger partial charge on any atom is 0.209 e. The van der Waals surface area contributed by atoms with Crippen molar-refractivity contribution in [3.63, 3.8) is 0 Å². The monoisotopic (exact) mass is 261 g/mol. The summed E-state index contributed by atoms with van der Waals surface area (Å²) in [5.41, 5.74) is 0. The van der Waals surface area contributed by atoms with E-state index in [0.717, 1.165) is 0 Å². The van der Waals surface area contributed by atoms with Crippen LogP contribution in [0.5, 0.6) is 5.75 Å². The first kappa shape index (κ1) is 14.0. The number of primary sulfonamides is 1. The zero-order chi connectivity index (χ0) is 13.1. The summed E-state index contributed by atoms with van der Waals surface area (Å²) < 4.78 is 28.9. The minimum Gasteiger partial charge on any atom is -0.490 e. The van der Waals surface area contributed by atoms with Gasteiger partial charge in [-0.1, -0.05) is 6.92 Å².